The van der Waals surface area contributed by atoms with Crippen molar-refractivity contribution in [3.63, 3.8) is 0 Å². The van der Waals surface area contributed by atoms with Gasteiger partial charge < -0.3 is 16.5 Å². The van der Waals surface area contributed by atoms with Gasteiger partial charge in [-0.2, -0.15) is 0 Å². The quantitative estimate of drug-likeness (QED) is 0.410. The molecule has 0 fully saturated rings. The fourth-order valence-electron chi connectivity index (χ4n) is 3.59. The average Bonchev–Trinajstić information content (AvgIpc) is 2.17. The van der Waals surface area contributed by atoms with E-state index in [4.69, 9.17) is 16.5 Å². The number of hydrogen-bond donors (Lipinski definition) is 0. The van der Waals surface area contributed by atoms with Crippen molar-refractivity contribution in [2.75, 3.05) is 6.61 Å². The van der Waals surface area contributed by atoms with E-state index in [9.17, 15) is 5.11 Å². The first kappa shape index (κ1) is 25.9. The first-order chi connectivity index (χ1) is 10.8. The minimum absolute atomic E-state index is 0.0419. The lowest BCUT2D eigenvalue weighted by molar-refractivity contribution is 0.156. The van der Waals surface area contributed by atoms with Crippen LogP contribution in [0.5, 0.6) is 0 Å². The molecule has 0 rings (SSSR count). The number of rotatable bonds is 11. The molecule has 0 aliphatic carbocycles. The summed E-state index contributed by atoms with van der Waals surface area (Å²) in [6.45, 7) is 25.5. The molecule has 0 heterocycles. The van der Waals surface area contributed by atoms with Gasteiger partial charge in [-0.15, -0.1) is 0 Å². The molecule has 0 N–H and O–H groups in total. The maximum Gasteiger partial charge on any atom is 0.314 e. The highest BCUT2D eigenvalue weighted by Crippen LogP contribution is 2.28. The van der Waals surface area contributed by atoms with Crippen LogP contribution in [-0.2, 0) is 21.6 Å². The van der Waals surface area contributed by atoms with Gasteiger partial charge in [0, 0.05) is 0 Å². The minimum Gasteiger partial charge on any atom is -0.437 e. The van der Waals surface area contributed by atoms with Crippen molar-refractivity contribution in [3.8, 4) is 0 Å². The molecule has 1 atom stereocenters. The van der Waals surface area contributed by atoms with Crippen LogP contribution >= 0.6 is 0 Å². The van der Waals surface area contributed by atoms with E-state index in [1.807, 2.05) is 6.92 Å². The van der Waals surface area contributed by atoms with Crippen LogP contribution < -0.4 is 0 Å². The molecule has 0 aromatic carbocycles. The molecule has 0 amide bonds. The van der Waals surface area contributed by atoms with E-state index in [1.165, 1.54) is 0 Å². The first-order valence-corrected chi connectivity index (χ1v) is 24.1. The highest BCUT2D eigenvalue weighted by molar-refractivity contribution is 6.90. The van der Waals surface area contributed by atoms with E-state index in [0.29, 0.717) is 0 Å². The Kier molecular flexibility index (Phi) is 9.24. The van der Waals surface area contributed by atoms with Crippen LogP contribution in [0.1, 0.15) is 6.92 Å². The SMILES string of the molecule is CC(C[O])C[Si](C)(C)O[Si](C)(C)O[Si](C)(C)O[Si](C)(C)O[Si](C)(C)C. The summed E-state index contributed by atoms with van der Waals surface area (Å²) in [6, 6.07) is 0.873. The second-order valence-electron chi connectivity index (χ2n) is 9.96. The van der Waals surface area contributed by atoms with Crippen molar-refractivity contribution in [2.24, 2.45) is 5.92 Å². The Bertz CT molecular complexity index is 421. The summed E-state index contributed by atoms with van der Waals surface area (Å²) in [5, 5.41) is 11.1. The van der Waals surface area contributed by atoms with Crippen molar-refractivity contribution in [3.05, 3.63) is 0 Å². The molecule has 5 nitrogen and oxygen atoms in total. The van der Waals surface area contributed by atoms with E-state index in [-0.39, 0.29) is 12.5 Å². The Morgan fingerprint density at radius 3 is 1.36 bits per heavy atom. The molecule has 0 saturated carbocycles. The molecule has 1 radical (unpaired) electrons. The van der Waals surface area contributed by atoms with Crippen LogP contribution in [0, 0.1) is 5.92 Å². The van der Waals surface area contributed by atoms with Gasteiger partial charge in [-0.3, -0.25) is 0 Å². The lowest BCUT2D eigenvalue weighted by atomic mass is 10.2. The summed E-state index contributed by atoms with van der Waals surface area (Å²) in [5.41, 5.74) is 0. The minimum atomic E-state index is -2.37. The second-order valence-corrected chi connectivity index (χ2v) is 29.8. The van der Waals surface area contributed by atoms with Crippen molar-refractivity contribution in [1.82, 2.24) is 0 Å². The molecule has 1 unspecified atom stereocenters. The van der Waals surface area contributed by atoms with Gasteiger partial charge in [0.2, 0.25) is 0 Å². The zero-order valence-corrected chi connectivity index (χ0v) is 23.5. The smallest absolute Gasteiger partial charge is 0.314 e. The summed E-state index contributed by atoms with van der Waals surface area (Å²) in [5.74, 6) is 0.157. The molecule has 10 heteroatoms. The van der Waals surface area contributed by atoms with Gasteiger partial charge in [0.1, 0.15) is 0 Å². The fourth-order valence-corrected chi connectivity index (χ4v) is 28.0. The van der Waals surface area contributed by atoms with Crippen molar-refractivity contribution < 1.29 is 21.6 Å². The van der Waals surface area contributed by atoms with Gasteiger partial charge in [-0.05, 0) is 84.0 Å². The van der Waals surface area contributed by atoms with Gasteiger partial charge in [-0.25, -0.2) is 5.11 Å². The first-order valence-electron chi connectivity index (χ1n) is 9.17. The van der Waals surface area contributed by atoms with Gasteiger partial charge >= 0.3 is 25.7 Å². The van der Waals surface area contributed by atoms with Crippen LogP contribution in [0.15, 0.2) is 0 Å². The zero-order valence-electron chi connectivity index (χ0n) is 18.5. The Hall–Kier alpha value is 0.884. The predicted molar refractivity (Wildman–Crippen MR) is 117 cm³/mol. The van der Waals surface area contributed by atoms with Gasteiger partial charge in [0.25, 0.3) is 0 Å². The van der Waals surface area contributed by atoms with Crippen molar-refractivity contribution >= 4 is 42.3 Å². The average molecular weight is 442 g/mol. The van der Waals surface area contributed by atoms with Crippen LogP contribution in [0.2, 0.25) is 78.1 Å². The number of hydrogen-bond acceptors (Lipinski definition) is 4. The third-order valence-corrected chi connectivity index (χ3v) is 21.3. The normalized spacial score (nSPS) is 16.2. The molecular weight excluding hydrogens is 401 g/mol. The van der Waals surface area contributed by atoms with Gasteiger partial charge in [-0.1, -0.05) is 6.92 Å². The van der Waals surface area contributed by atoms with Crippen LogP contribution in [-0.4, -0.2) is 48.9 Å². The molecule has 25 heavy (non-hydrogen) atoms. The molecule has 151 valence electrons. The Labute approximate surface area is 161 Å². The Morgan fingerprint density at radius 2 is 1.00 bits per heavy atom. The summed E-state index contributed by atoms with van der Waals surface area (Å²) in [6.07, 6.45) is 0. The maximum atomic E-state index is 11.1. The fraction of sp³-hybridized carbons (Fsp3) is 1.00. The van der Waals surface area contributed by atoms with E-state index in [0.717, 1.165) is 6.04 Å². The van der Waals surface area contributed by atoms with E-state index < -0.39 is 42.3 Å². The van der Waals surface area contributed by atoms with Crippen molar-refractivity contribution in [1.29, 1.82) is 0 Å². The largest absolute Gasteiger partial charge is 0.437 e. The summed E-state index contributed by atoms with van der Waals surface area (Å²) >= 11 is 0. The molecule has 0 aromatic rings. The predicted octanol–water partition coefficient (Wildman–Crippen LogP) is 5.26. The third-order valence-electron chi connectivity index (χ3n) is 3.18. The monoisotopic (exact) mass is 441 g/mol. The highest BCUT2D eigenvalue weighted by atomic mass is 28.5. The molecule has 0 saturated heterocycles. The zero-order chi connectivity index (χ0) is 20.3. The lowest BCUT2D eigenvalue weighted by Gasteiger charge is -2.42. The second kappa shape index (κ2) is 8.92. The van der Waals surface area contributed by atoms with E-state index >= 15 is 0 Å². The molecule has 0 aliphatic heterocycles. The summed E-state index contributed by atoms with van der Waals surface area (Å²) in [4.78, 5) is 0. The van der Waals surface area contributed by atoms with E-state index in [2.05, 4.69) is 72.0 Å². The molecule has 0 aromatic heterocycles. The lowest BCUT2D eigenvalue weighted by Crippen LogP contribution is -2.58. The summed E-state index contributed by atoms with van der Waals surface area (Å²) in [7, 11) is -10.5. The van der Waals surface area contributed by atoms with Gasteiger partial charge in [0.15, 0.2) is 16.6 Å². The molecule has 0 aliphatic rings. The van der Waals surface area contributed by atoms with Crippen LogP contribution in [0.4, 0.5) is 0 Å². The molecular formula is C15H41O5Si5. The van der Waals surface area contributed by atoms with Crippen LogP contribution in [0.25, 0.3) is 0 Å². The standard InChI is InChI=1S/C15H41O5Si5/c1-15(13-16)14-22(5,6)18-24(9,10)20-25(11,12)19-23(7,8)17-21(2,3)4/h15H,13-14H2,1-12H3. The van der Waals surface area contributed by atoms with Crippen molar-refractivity contribution in [2.45, 2.75) is 85.0 Å². The highest BCUT2D eigenvalue weighted by Gasteiger charge is 2.45. The van der Waals surface area contributed by atoms with E-state index in [1.54, 1.807) is 0 Å². The third kappa shape index (κ3) is 12.8. The molecule has 0 bridgehead atoms. The van der Waals surface area contributed by atoms with Gasteiger partial charge in [0.05, 0.1) is 6.61 Å². The topological polar surface area (TPSA) is 56.8 Å². The molecule has 0 spiro atoms. The maximum absolute atomic E-state index is 11.1. The Balaban J connectivity index is 4.95. The summed E-state index contributed by atoms with van der Waals surface area (Å²) < 4.78 is 25.7. The Morgan fingerprint density at radius 1 is 0.640 bits per heavy atom. The van der Waals surface area contributed by atoms with Crippen LogP contribution in [0.3, 0.4) is 0 Å².